The SMILES string of the molecule is CCC(NC)C(C)OCC1CCCO1. The summed E-state index contributed by atoms with van der Waals surface area (Å²) in [6, 6.07) is 0.455. The molecule has 0 radical (unpaired) electrons. The van der Waals surface area contributed by atoms with E-state index in [-0.39, 0.29) is 6.10 Å². The highest BCUT2D eigenvalue weighted by Crippen LogP contribution is 2.13. The lowest BCUT2D eigenvalue weighted by molar-refractivity contribution is -0.0260. The summed E-state index contributed by atoms with van der Waals surface area (Å²) in [5.41, 5.74) is 0. The summed E-state index contributed by atoms with van der Waals surface area (Å²) < 4.78 is 11.3. The summed E-state index contributed by atoms with van der Waals surface area (Å²) in [7, 11) is 1.99. The van der Waals surface area contributed by atoms with E-state index in [4.69, 9.17) is 9.47 Å². The Hall–Kier alpha value is -0.120. The quantitative estimate of drug-likeness (QED) is 0.707. The molecular formula is C11H23NO2. The maximum absolute atomic E-state index is 5.78. The Morgan fingerprint density at radius 1 is 1.57 bits per heavy atom. The minimum Gasteiger partial charge on any atom is -0.376 e. The molecule has 0 aromatic rings. The first-order valence-corrected chi connectivity index (χ1v) is 5.68. The van der Waals surface area contributed by atoms with Crippen LogP contribution in [0, 0.1) is 0 Å². The highest BCUT2D eigenvalue weighted by molar-refractivity contribution is 4.71. The fraction of sp³-hybridized carbons (Fsp3) is 1.00. The van der Waals surface area contributed by atoms with E-state index in [1.807, 2.05) is 7.05 Å². The van der Waals surface area contributed by atoms with Crippen molar-refractivity contribution in [2.75, 3.05) is 20.3 Å². The molecule has 1 saturated heterocycles. The molecule has 3 nitrogen and oxygen atoms in total. The third kappa shape index (κ3) is 3.56. The molecule has 0 amide bonds. The first kappa shape index (κ1) is 12.0. The third-order valence-electron chi connectivity index (χ3n) is 2.95. The van der Waals surface area contributed by atoms with Gasteiger partial charge in [0.05, 0.1) is 18.8 Å². The van der Waals surface area contributed by atoms with E-state index in [2.05, 4.69) is 19.2 Å². The fourth-order valence-electron chi connectivity index (χ4n) is 1.92. The van der Waals surface area contributed by atoms with Gasteiger partial charge in [0, 0.05) is 12.6 Å². The van der Waals surface area contributed by atoms with Gasteiger partial charge in [0.15, 0.2) is 0 Å². The van der Waals surface area contributed by atoms with Crippen LogP contribution in [0.2, 0.25) is 0 Å². The molecule has 0 saturated carbocycles. The number of ether oxygens (including phenoxy) is 2. The summed E-state index contributed by atoms with van der Waals surface area (Å²) in [5.74, 6) is 0. The zero-order valence-corrected chi connectivity index (χ0v) is 9.58. The second-order valence-corrected chi connectivity index (χ2v) is 3.98. The van der Waals surface area contributed by atoms with Gasteiger partial charge in [0.1, 0.15) is 0 Å². The van der Waals surface area contributed by atoms with Crippen LogP contribution in [0.3, 0.4) is 0 Å². The lowest BCUT2D eigenvalue weighted by atomic mass is 10.1. The van der Waals surface area contributed by atoms with E-state index in [1.165, 1.54) is 6.42 Å². The molecule has 0 aromatic carbocycles. The fourth-order valence-corrected chi connectivity index (χ4v) is 1.92. The van der Waals surface area contributed by atoms with Crippen molar-refractivity contribution < 1.29 is 9.47 Å². The smallest absolute Gasteiger partial charge is 0.0809 e. The van der Waals surface area contributed by atoms with Crippen molar-refractivity contribution in [1.82, 2.24) is 5.32 Å². The monoisotopic (exact) mass is 201 g/mol. The number of rotatable bonds is 6. The Labute approximate surface area is 87.2 Å². The molecule has 0 aliphatic carbocycles. The van der Waals surface area contributed by atoms with Gasteiger partial charge in [-0.05, 0) is 33.2 Å². The first-order chi connectivity index (χ1) is 6.77. The summed E-state index contributed by atoms with van der Waals surface area (Å²) in [4.78, 5) is 0. The zero-order chi connectivity index (χ0) is 10.4. The van der Waals surface area contributed by atoms with Crippen LogP contribution in [-0.2, 0) is 9.47 Å². The first-order valence-electron chi connectivity index (χ1n) is 5.68. The summed E-state index contributed by atoms with van der Waals surface area (Å²) in [5, 5.41) is 3.26. The lowest BCUT2D eigenvalue weighted by Gasteiger charge is -2.23. The molecule has 0 spiro atoms. The van der Waals surface area contributed by atoms with E-state index >= 15 is 0 Å². The van der Waals surface area contributed by atoms with E-state index in [1.54, 1.807) is 0 Å². The summed E-state index contributed by atoms with van der Waals surface area (Å²) in [6.07, 6.45) is 4.05. The molecule has 3 atom stereocenters. The van der Waals surface area contributed by atoms with Gasteiger partial charge in [-0.25, -0.2) is 0 Å². The molecule has 1 fully saturated rings. The van der Waals surface area contributed by atoms with Crippen molar-refractivity contribution >= 4 is 0 Å². The second kappa shape index (κ2) is 6.38. The van der Waals surface area contributed by atoms with E-state index in [0.29, 0.717) is 12.1 Å². The van der Waals surface area contributed by atoms with Gasteiger partial charge < -0.3 is 14.8 Å². The van der Waals surface area contributed by atoms with Crippen molar-refractivity contribution in [3.8, 4) is 0 Å². The lowest BCUT2D eigenvalue weighted by Crippen LogP contribution is -2.38. The summed E-state index contributed by atoms with van der Waals surface area (Å²) >= 11 is 0. The summed E-state index contributed by atoms with van der Waals surface area (Å²) in [6.45, 7) is 5.96. The highest BCUT2D eigenvalue weighted by Gasteiger charge is 2.19. The van der Waals surface area contributed by atoms with Crippen molar-refractivity contribution in [3.63, 3.8) is 0 Å². The minimum absolute atomic E-state index is 0.272. The van der Waals surface area contributed by atoms with Gasteiger partial charge >= 0.3 is 0 Å². The van der Waals surface area contributed by atoms with Crippen molar-refractivity contribution in [1.29, 1.82) is 0 Å². The Kier molecular flexibility index (Phi) is 5.45. The number of nitrogens with one attached hydrogen (secondary N) is 1. The topological polar surface area (TPSA) is 30.5 Å². The molecule has 1 N–H and O–H groups in total. The highest BCUT2D eigenvalue weighted by atomic mass is 16.5. The van der Waals surface area contributed by atoms with Crippen LogP contribution in [-0.4, -0.2) is 38.5 Å². The molecule has 0 bridgehead atoms. The third-order valence-corrected chi connectivity index (χ3v) is 2.95. The molecule has 1 aliphatic heterocycles. The Morgan fingerprint density at radius 3 is 2.86 bits per heavy atom. The van der Waals surface area contributed by atoms with Gasteiger partial charge in [-0.3, -0.25) is 0 Å². The Morgan fingerprint density at radius 2 is 2.36 bits per heavy atom. The Bertz CT molecular complexity index is 142. The normalized spacial score (nSPS) is 26.4. The predicted molar refractivity (Wildman–Crippen MR) is 57.5 cm³/mol. The van der Waals surface area contributed by atoms with E-state index in [0.717, 1.165) is 26.1 Å². The Balaban J connectivity index is 2.15. The van der Waals surface area contributed by atoms with E-state index in [9.17, 15) is 0 Å². The van der Waals surface area contributed by atoms with E-state index < -0.39 is 0 Å². The van der Waals surface area contributed by atoms with Crippen LogP contribution in [0.25, 0.3) is 0 Å². The maximum Gasteiger partial charge on any atom is 0.0809 e. The average Bonchev–Trinajstić information content (AvgIpc) is 2.69. The van der Waals surface area contributed by atoms with Crippen LogP contribution < -0.4 is 5.32 Å². The van der Waals surface area contributed by atoms with Crippen molar-refractivity contribution in [2.24, 2.45) is 0 Å². The van der Waals surface area contributed by atoms with Gasteiger partial charge in [0.25, 0.3) is 0 Å². The molecule has 84 valence electrons. The van der Waals surface area contributed by atoms with Crippen molar-refractivity contribution in [3.05, 3.63) is 0 Å². The molecule has 1 heterocycles. The molecule has 14 heavy (non-hydrogen) atoms. The number of hydrogen-bond donors (Lipinski definition) is 1. The molecule has 3 unspecified atom stereocenters. The average molecular weight is 201 g/mol. The molecule has 1 aliphatic rings. The van der Waals surface area contributed by atoms with Gasteiger partial charge in [-0.15, -0.1) is 0 Å². The van der Waals surface area contributed by atoms with Gasteiger partial charge in [0.2, 0.25) is 0 Å². The van der Waals surface area contributed by atoms with Crippen LogP contribution in [0.4, 0.5) is 0 Å². The number of likely N-dealkylation sites (N-methyl/N-ethyl adjacent to an activating group) is 1. The second-order valence-electron chi connectivity index (χ2n) is 3.98. The number of hydrogen-bond acceptors (Lipinski definition) is 3. The van der Waals surface area contributed by atoms with Gasteiger partial charge in [-0.1, -0.05) is 6.92 Å². The largest absolute Gasteiger partial charge is 0.376 e. The molecule has 3 heteroatoms. The van der Waals surface area contributed by atoms with Crippen LogP contribution in [0.15, 0.2) is 0 Å². The molecule has 0 aromatic heterocycles. The minimum atomic E-state index is 0.272. The predicted octanol–water partition coefficient (Wildman–Crippen LogP) is 1.57. The van der Waals surface area contributed by atoms with Gasteiger partial charge in [-0.2, -0.15) is 0 Å². The van der Waals surface area contributed by atoms with Crippen LogP contribution >= 0.6 is 0 Å². The maximum atomic E-state index is 5.78. The standard InChI is InChI=1S/C11H23NO2/c1-4-11(12-3)9(2)14-8-10-6-5-7-13-10/h9-12H,4-8H2,1-3H3. The van der Waals surface area contributed by atoms with Crippen molar-refractivity contribution in [2.45, 2.75) is 51.4 Å². The molecule has 1 rings (SSSR count). The zero-order valence-electron chi connectivity index (χ0n) is 9.58. The van der Waals surface area contributed by atoms with Crippen LogP contribution in [0.1, 0.15) is 33.1 Å². The van der Waals surface area contributed by atoms with Crippen LogP contribution in [0.5, 0.6) is 0 Å². The molecular weight excluding hydrogens is 178 g/mol.